The lowest BCUT2D eigenvalue weighted by molar-refractivity contribution is 0.0692. The van der Waals surface area contributed by atoms with E-state index in [4.69, 9.17) is 5.11 Å². The van der Waals surface area contributed by atoms with Gasteiger partial charge in [0.05, 0.1) is 0 Å². The first-order valence-electron chi connectivity index (χ1n) is 4.69. The monoisotopic (exact) mass is 222 g/mol. The van der Waals surface area contributed by atoms with Gasteiger partial charge in [-0.25, -0.2) is 14.8 Å². The second-order valence-corrected chi connectivity index (χ2v) is 4.08. The van der Waals surface area contributed by atoms with Crippen LogP contribution in [0.25, 0.3) is 10.2 Å². The third-order valence-corrected chi connectivity index (χ3v) is 2.85. The molecule has 4 nitrogen and oxygen atoms in total. The molecule has 78 valence electrons. The van der Waals surface area contributed by atoms with E-state index in [0.29, 0.717) is 17.6 Å². The predicted molar refractivity (Wildman–Crippen MR) is 58.4 cm³/mol. The molecule has 5 heteroatoms. The average Bonchev–Trinajstić information content (AvgIpc) is 2.64. The van der Waals surface area contributed by atoms with Crippen LogP contribution in [0.1, 0.15) is 29.7 Å². The molecule has 0 atom stereocenters. The van der Waals surface area contributed by atoms with Crippen LogP contribution in [0.3, 0.4) is 0 Å². The van der Waals surface area contributed by atoms with Crippen molar-refractivity contribution in [2.45, 2.75) is 19.8 Å². The lowest BCUT2D eigenvalue weighted by Gasteiger charge is -2.00. The van der Waals surface area contributed by atoms with Crippen molar-refractivity contribution < 1.29 is 9.90 Å². The van der Waals surface area contributed by atoms with Gasteiger partial charge in [-0.1, -0.05) is 6.92 Å². The normalized spacial score (nSPS) is 10.7. The quantitative estimate of drug-likeness (QED) is 0.865. The number of rotatable bonds is 3. The molecule has 2 aromatic heterocycles. The van der Waals surface area contributed by atoms with Crippen LogP contribution < -0.4 is 0 Å². The summed E-state index contributed by atoms with van der Waals surface area (Å²) < 4.78 is 0. The number of carbonyl (C=O) groups is 1. The molecule has 0 bridgehead atoms. The molecule has 0 spiro atoms. The Hall–Kier alpha value is -1.49. The van der Waals surface area contributed by atoms with Gasteiger partial charge in [-0.15, -0.1) is 11.3 Å². The van der Waals surface area contributed by atoms with Crippen LogP contribution in [-0.4, -0.2) is 21.0 Å². The van der Waals surface area contributed by atoms with E-state index < -0.39 is 5.97 Å². The number of hydrogen-bond acceptors (Lipinski definition) is 4. The van der Waals surface area contributed by atoms with Crippen LogP contribution in [0.4, 0.5) is 0 Å². The van der Waals surface area contributed by atoms with Gasteiger partial charge in [0.25, 0.3) is 0 Å². The Kier molecular flexibility index (Phi) is 2.64. The summed E-state index contributed by atoms with van der Waals surface area (Å²) in [7, 11) is 0. The smallest absolute Gasteiger partial charge is 0.355 e. The molecule has 0 aliphatic heterocycles. The lowest BCUT2D eigenvalue weighted by Crippen LogP contribution is -2.05. The van der Waals surface area contributed by atoms with Crippen molar-refractivity contribution in [3.05, 3.63) is 23.0 Å². The van der Waals surface area contributed by atoms with E-state index in [1.54, 1.807) is 6.07 Å². The van der Waals surface area contributed by atoms with Crippen LogP contribution in [0, 0.1) is 0 Å². The maximum Gasteiger partial charge on any atom is 0.355 e. The summed E-state index contributed by atoms with van der Waals surface area (Å²) in [4.78, 5) is 20.1. The van der Waals surface area contributed by atoms with Gasteiger partial charge < -0.3 is 5.11 Å². The second kappa shape index (κ2) is 3.94. The van der Waals surface area contributed by atoms with Gasteiger partial charge in [0.2, 0.25) is 0 Å². The summed E-state index contributed by atoms with van der Waals surface area (Å²) in [6.45, 7) is 2.02. The Bertz CT molecular complexity index is 507. The van der Waals surface area contributed by atoms with E-state index in [0.717, 1.165) is 11.3 Å². The highest BCUT2D eigenvalue weighted by Gasteiger charge is 2.13. The molecule has 0 radical (unpaired) electrons. The average molecular weight is 222 g/mol. The Morgan fingerprint density at radius 1 is 1.53 bits per heavy atom. The zero-order valence-electron chi connectivity index (χ0n) is 8.23. The van der Waals surface area contributed by atoms with Gasteiger partial charge >= 0.3 is 5.97 Å². The molecule has 0 fully saturated rings. The maximum atomic E-state index is 11.0. The highest BCUT2D eigenvalue weighted by Crippen LogP contribution is 2.21. The largest absolute Gasteiger partial charge is 0.476 e. The highest BCUT2D eigenvalue weighted by molar-refractivity contribution is 7.16. The first kappa shape index (κ1) is 10.0. The van der Waals surface area contributed by atoms with Crippen molar-refractivity contribution in [3.63, 3.8) is 0 Å². The lowest BCUT2D eigenvalue weighted by atomic mass is 10.2. The second-order valence-electron chi connectivity index (χ2n) is 3.18. The fraction of sp³-hybridized carbons (Fsp3) is 0.300. The number of hydrogen-bond donors (Lipinski definition) is 1. The Morgan fingerprint density at radius 3 is 3.00 bits per heavy atom. The molecule has 1 N–H and O–H groups in total. The van der Waals surface area contributed by atoms with E-state index >= 15 is 0 Å². The van der Waals surface area contributed by atoms with Gasteiger partial charge in [-0.2, -0.15) is 0 Å². The van der Waals surface area contributed by atoms with Crippen molar-refractivity contribution in [1.29, 1.82) is 0 Å². The predicted octanol–water partition coefficient (Wildman–Crippen LogP) is 2.34. The molecule has 0 unspecified atom stereocenters. The van der Waals surface area contributed by atoms with Crippen molar-refractivity contribution in [1.82, 2.24) is 9.97 Å². The summed E-state index contributed by atoms with van der Waals surface area (Å²) in [6, 6.07) is 1.75. The van der Waals surface area contributed by atoms with Gasteiger partial charge in [0.15, 0.2) is 5.69 Å². The van der Waals surface area contributed by atoms with E-state index in [9.17, 15) is 4.79 Å². The van der Waals surface area contributed by atoms with Gasteiger partial charge in [-0.3, -0.25) is 0 Å². The Labute approximate surface area is 90.6 Å². The standard InChI is InChI=1S/C10H10N2O2S/c1-2-3-7-11-8(10(13)14)6-4-5-15-9(6)12-7/h4-5H,2-3H2,1H3,(H,13,14). The minimum Gasteiger partial charge on any atom is -0.476 e. The third-order valence-electron chi connectivity index (χ3n) is 2.05. The van der Waals surface area contributed by atoms with Gasteiger partial charge in [0.1, 0.15) is 10.7 Å². The van der Waals surface area contributed by atoms with Crippen molar-refractivity contribution >= 4 is 27.5 Å². The highest BCUT2D eigenvalue weighted by atomic mass is 32.1. The first-order valence-corrected chi connectivity index (χ1v) is 5.57. The minimum absolute atomic E-state index is 0.115. The molecule has 2 aromatic rings. The molecule has 15 heavy (non-hydrogen) atoms. The number of carboxylic acids is 1. The van der Waals surface area contributed by atoms with E-state index in [1.807, 2.05) is 12.3 Å². The number of aromatic carboxylic acids is 1. The van der Waals surface area contributed by atoms with Crippen LogP contribution in [0.2, 0.25) is 0 Å². The fourth-order valence-electron chi connectivity index (χ4n) is 1.40. The van der Waals surface area contributed by atoms with Crippen LogP contribution in [0.15, 0.2) is 11.4 Å². The molecule has 0 saturated carbocycles. The van der Waals surface area contributed by atoms with Gasteiger partial charge in [-0.05, 0) is 17.9 Å². The molecule has 0 amide bonds. The Balaban J connectivity index is 2.63. The van der Waals surface area contributed by atoms with Crippen LogP contribution in [-0.2, 0) is 6.42 Å². The molecular formula is C10H10N2O2S. The number of aromatic nitrogens is 2. The molecule has 2 rings (SSSR count). The summed E-state index contributed by atoms with van der Waals surface area (Å²) in [5.41, 5.74) is 0.115. The van der Waals surface area contributed by atoms with E-state index in [1.165, 1.54) is 11.3 Å². The third kappa shape index (κ3) is 1.83. The summed E-state index contributed by atoms with van der Waals surface area (Å²) in [6.07, 6.45) is 1.63. The zero-order valence-corrected chi connectivity index (χ0v) is 9.04. The summed E-state index contributed by atoms with van der Waals surface area (Å²) in [5, 5.41) is 11.5. The first-order chi connectivity index (χ1) is 7.22. The molecule has 2 heterocycles. The van der Waals surface area contributed by atoms with E-state index in [2.05, 4.69) is 9.97 Å². The van der Waals surface area contributed by atoms with Crippen molar-refractivity contribution in [2.24, 2.45) is 0 Å². The van der Waals surface area contributed by atoms with E-state index in [-0.39, 0.29) is 5.69 Å². The molecule has 0 aliphatic carbocycles. The summed E-state index contributed by atoms with van der Waals surface area (Å²) in [5.74, 6) is -0.372. The van der Waals surface area contributed by atoms with Crippen LogP contribution >= 0.6 is 11.3 Å². The van der Waals surface area contributed by atoms with Gasteiger partial charge in [0, 0.05) is 11.8 Å². The number of fused-ring (bicyclic) bond motifs is 1. The minimum atomic E-state index is -0.988. The fourth-order valence-corrected chi connectivity index (χ4v) is 2.18. The number of aryl methyl sites for hydroxylation is 1. The zero-order chi connectivity index (χ0) is 10.8. The van der Waals surface area contributed by atoms with Crippen molar-refractivity contribution in [3.8, 4) is 0 Å². The molecule has 0 aromatic carbocycles. The number of thiophene rings is 1. The Morgan fingerprint density at radius 2 is 2.33 bits per heavy atom. The maximum absolute atomic E-state index is 11.0. The SMILES string of the molecule is CCCc1nc(C(=O)O)c2ccsc2n1. The molecule has 0 aliphatic rings. The van der Waals surface area contributed by atoms with Crippen LogP contribution in [0.5, 0.6) is 0 Å². The number of nitrogens with zero attached hydrogens (tertiary/aromatic N) is 2. The van der Waals surface area contributed by atoms with Crippen molar-refractivity contribution in [2.75, 3.05) is 0 Å². The number of carboxylic acid groups (broad SMARTS) is 1. The topological polar surface area (TPSA) is 63.1 Å². The molecule has 0 saturated heterocycles. The summed E-state index contributed by atoms with van der Waals surface area (Å²) >= 11 is 1.44. The molecular weight excluding hydrogens is 212 g/mol.